The fourth-order valence-electron chi connectivity index (χ4n) is 2.36. The molecule has 0 saturated carbocycles. The second kappa shape index (κ2) is 15.1. The average Bonchev–Trinajstić information content (AvgIpc) is 3.19. The highest BCUT2D eigenvalue weighted by Gasteiger charge is 2.02. The predicted molar refractivity (Wildman–Crippen MR) is 126 cm³/mol. The molecule has 0 bridgehead atoms. The number of guanidine groups is 1. The van der Waals surface area contributed by atoms with Crippen LogP contribution in [0.3, 0.4) is 0 Å². The lowest BCUT2D eigenvalue weighted by atomic mass is 10.3. The minimum Gasteiger partial charge on any atom is -0.491 e. The molecule has 0 aliphatic carbocycles. The van der Waals surface area contributed by atoms with E-state index in [1.54, 1.807) is 13.4 Å². The summed E-state index contributed by atoms with van der Waals surface area (Å²) in [6.45, 7) is 7.05. The molecule has 2 aromatic rings. The first-order chi connectivity index (χ1) is 13.7. The molecular formula is C21H32IN3O4. The molecule has 1 heterocycles. The monoisotopic (exact) mass is 517 g/mol. The van der Waals surface area contributed by atoms with Crippen molar-refractivity contribution in [3.63, 3.8) is 0 Å². The Kier molecular flexibility index (Phi) is 13.2. The van der Waals surface area contributed by atoms with Gasteiger partial charge in [-0.3, -0.25) is 4.99 Å². The zero-order valence-corrected chi connectivity index (χ0v) is 19.7. The molecule has 2 rings (SSSR count). The molecule has 8 heteroatoms. The molecule has 2 N–H and O–H groups in total. The summed E-state index contributed by atoms with van der Waals surface area (Å²) >= 11 is 0. The molecule has 29 heavy (non-hydrogen) atoms. The van der Waals surface area contributed by atoms with E-state index in [0.29, 0.717) is 38.9 Å². The van der Waals surface area contributed by atoms with Crippen LogP contribution in [0.2, 0.25) is 0 Å². The number of hydrogen-bond acceptors (Lipinski definition) is 5. The molecule has 162 valence electrons. The maximum Gasteiger partial charge on any atom is 0.195 e. The van der Waals surface area contributed by atoms with Crippen molar-refractivity contribution in [2.75, 3.05) is 38.7 Å². The van der Waals surface area contributed by atoms with E-state index in [-0.39, 0.29) is 30.1 Å². The highest BCUT2D eigenvalue weighted by Crippen LogP contribution is 2.16. The third-order valence-electron chi connectivity index (χ3n) is 3.63. The van der Waals surface area contributed by atoms with Crippen LogP contribution in [0.4, 0.5) is 5.69 Å². The number of nitrogens with zero attached hydrogens (tertiary/aromatic N) is 1. The van der Waals surface area contributed by atoms with Gasteiger partial charge in [0.15, 0.2) is 5.96 Å². The Hall–Kier alpha value is -1.78. The minimum absolute atomic E-state index is 0. The lowest BCUT2D eigenvalue weighted by Crippen LogP contribution is -2.33. The molecule has 0 unspecified atom stereocenters. The van der Waals surface area contributed by atoms with Crippen molar-refractivity contribution in [2.24, 2.45) is 4.99 Å². The fraction of sp³-hybridized carbons (Fsp3) is 0.476. The Balaban J connectivity index is 0.00000420. The molecule has 0 fully saturated rings. The number of benzene rings is 1. The van der Waals surface area contributed by atoms with Crippen LogP contribution >= 0.6 is 24.0 Å². The number of aliphatic imine (C=N–C) groups is 1. The maximum absolute atomic E-state index is 5.67. The highest BCUT2D eigenvalue weighted by atomic mass is 127. The largest absolute Gasteiger partial charge is 0.491 e. The number of ether oxygens (including phenoxy) is 3. The van der Waals surface area contributed by atoms with Crippen molar-refractivity contribution in [3.05, 3.63) is 48.4 Å². The first-order valence-corrected chi connectivity index (χ1v) is 9.58. The van der Waals surface area contributed by atoms with Crippen molar-refractivity contribution in [3.8, 4) is 5.75 Å². The number of hydrogen-bond donors (Lipinski definition) is 2. The summed E-state index contributed by atoms with van der Waals surface area (Å²) < 4.78 is 21.6. The number of halogens is 1. The molecule has 0 atom stereocenters. The fourth-order valence-corrected chi connectivity index (χ4v) is 2.36. The molecule has 0 aliphatic heterocycles. The van der Waals surface area contributed by atoms with Gasteiger partial charge in [0.05, 0.1) is 19.0 Å². The van der Waals surface area contributed by atoms with Crippen molar-refractivity contribution < 1.29 is 18.6 Å². The van der Waals surface area contributed by atoms with Gasteiger partial charge in [0.2, 0.25) is 0 Å². The Morgan fingerprint density at radius 3 is 2.59 bits per heavy atom. The molecule has 0 saturated heterocycles. The summed E-state index contributed by atoms with van der Waals surface area (Å²) in [4.78, 5) is 4.60. The van der Waals surface area contributed by atoms with Crippen LogP contribution in [0.5, 0.6) is 5.75 Å². The molecule has 0 amide bonds. The topological polar surface area (TPSA) is 77.2 Å². The van der Waals surface area contributed by atoms with E-state index in [9.17, 15) is 0 Å². The second-order valence-electron chi connectivity index (χ2n) is 6.45. The standard InChI is InChI=1S/C21H31N3O4.HI/c1-17(2)28-19-9-7-18(8-10-19)24-21(23-12-15-25-3)22-11-5-13-26-16-20-6-4-14-27-20;/h4,6-10,14,17H,5,11-13,15-16H2,1-3H3,(H2,22,23,24);1H. The van der Waals surface area contributed by atoms with E-state index >= 15 is 0 Å². The van der Waals surface area contributed by atoms with E-state index in [1.807, 2.05) is 50.2 Å². The van der Waals surface area contributed by atoms with Gasteiger partial charge in [-0.1, -0.05) is 0 Å². The van der Waals surface area contributed by atoms with Gasteiger partial charge < -0.3 is 29.3 Å². The molecular weight excluding hydrogens is 485 g/mol. The van der Waals surface area contributed by atoms with Crippen molar-refractivity contribution in [2.45, 2.75) is 33.0 Å². The normalized spacial score (nSPS) is 11.2. The Bertz CT molecular complexity index is 676. The van der Waals surface area contributed by atoms with Crippen LogP contribution in [0, 0.1) is 0 Å². The van der Waals surface area contributed by atoms with Gasteiger partial charge in [0.1, 0.15) is 18.1 Å². The number of anilines is 1. The van der Waals surface area contributed by atoms with E-state index in [2.05, 4.69) is 15.6 Å². The van der Waals surface area contributed by atoms with E-state index in [0.717, 1.165) is 23.6 Å². The predicted octanol–water partition coefficient (Wildman–Crippen LogP) is 4.30. The smallest absolute Gasteiger partial charge is 0.195 e. The van der Waals surface area contributed by atoms with Crippen LogP contribution in [0.15, 0.2) is 52.1 Å². The zero-order valence-electron chi connectivity index (χ0n) is 17.3. The third-order valence-corrected chi connectivity index (χ3v) is 3.63. The zero-order chi connectivity index (χ0) is 20.0. The quantitative estimate of drug-likeness (QED) is 0.189. The maximum atomic E-state index is 5.67. The Morgan fingerprint density at radius 1 is 1.14 bits per heavy atom. The van der Waals surface area contributed by atoms with Gasteiger partial charge in [0.25, 0.3) is 0 Å². The van der Waals surface area contributed by atoms with Gasteiger partial charge in [-0.05, 0) is 56.7 Å². The van der Waals surface area contributed by atoms with Gasteiger partial charge >= 0.3 is 0 Å². The lowest BCUT2D eigenvalue weighted by Gasteiger charge is -2.14. The van der Waals surface area contributed by atoms with Gasteiger partial charge in [0, 0.05) is 32.5 Å². The van der Waals surface area contributed by atoms with Crippen molar-refractivity contribution >= 4 is 35.6 Å². The van der Waals surface area contributed by atoms with Crippen LogP contribution < -0.4 is 15.4 Å². The third kappa shape index (κ3) is 11.1. The summed E-state index contributed by atoms with van der Waals surface area (Å²) in [6.07, 6.45) is 2.62. The summed E-state index contributed by atoms with van der Waals surface area (Å²) in [5, 5.41) is 6.56. The van der Waals surface area contributed by atoms with Gasteiger partial charge in [-0.25, -0.2) is 0 Å². The first-order valence-electron chi connectivity index (χ1n) is 9.58. The molecule has 7 nitrogen and oxygen atoms in total. The molecule has 0 spiro atoms. The number of furan rings is 1. The molecule has 0 aliphatic rings. The van der Waals surface area contributed by atoms with E-state index < -0.39 is 0 Å². The minimum atomic E-state index is 0. The highest BCUT2D eigenvalue weighted by molar-refractivity contribution is 14.0. The Labute approximate surface area is 190 Å². The lowest BCUT2D eigenvalue weighted by molar-refractivity contribution is 0.105. The van der Waals surface area contributed by atoms with E-state index in [1.165, 1.54) is 0 Å². The van der Waals surface area contributed by atoms with Crippen LogP contribution in [0.1, 0.15) is 26.0 Å². The number of rotatable bonds is 12. The van der Waals surface area contributed by atoms with Gasteiger partial charge in [-0.2, -0.15) is 0 Å². The SMILES string of the molecule is COCCNC(=NCCCOCc1ccco1)Nc1ccc(OC(C)C)cc1.I. The summed E-state index contributed by atoms with van der Waals surface area (Å²) in [7, 11) is 1.68. The molecule has 1 aromatic heterocycles. The van der Waals surface area contributed by atoms with Crippen LogP contribution in [-0.2, 0) is 16.1 Å². The summed E-state index contributed by atoms with van der Waals surface area (Å²) in [5.74, 6) is 2.39. The van der Waals surface area contributed by atoms with Crippen LogP contribution in [0.25, 0.3) is 0 Å². The summed E-state index contributed by atoms with van der Waals surface area (Å²) in [5.41, 5.74) is 0.939. The average molecular weight is 517 g/mol. The second-order valence-corrected chi connectivity index (χ2v) is 6.45. The van der Waals surface area contributed by atoms with Crippen molar-refractivity contribution in [1.82, 2.24) is 5.32 Å². The van der Waals surface area contributed by atoms with Crippen molar-refractivity contribution in [1.29, 1.82) is 0 Å². The molecule has 1 aromatic carbocycles. The number of methoxy groups -OCH3 is 1. The van der Waals surface area contributed by atoms with Crippen LogP contribution in [-0.4, -0.2) is 45.5 Å². The Morgan fingerprint density at radius 2 is 1.93 bits per heavy atom. The molecule has 0 radical (unpaired) electrons. The van der Waals surface area contributed by atoms with Gasteiger partial charge in [-0.15, -0.1) is 24.0 Å². The van der Waals surface area contributed by atoms with E-state index in [4.69, 9.17) is 18.6 Å². The summed E-state index contributed by atoms with van der Waals surface area (Å²) in [6, 6.07) is 11.6. The number of nitrogens with one attached hydrogen (secondary N) is 2. The first kappa shape index (κ1) is 25.3.